The van der Waals surface area contributed by atoms with Crippen molar-refractivity contribution in [2.24, 2.45) is 0 Å². The highest BCUT2D eigenvalue weighted by Crippen LogP contribution is 2.28. The van der Waals surface area contributed by atoms with E-state index in [1.807, 2.05) is 25.1 Å². The number of amides is 3. The van der Waals surface area contributed by atoms with Crippen molar-refractivity contribution < 1.29 is 14.0 Å². The summed E-state index contributed by atoms with van der Waals surface area (Å²) in [5, 5.41) is 6.28. The number of urea groups is 1. The zero-order chi connectivity index (χ0) is 18.1. The Morgan fingerprint density at radius 2 is 2.12 bits per heavy atom. The largest absolute Gasteiger partial charge is 0.462 e. The third-order valence-electron chi connectivity index (χ3n) is 4.04. The number of hydrogen-bond acceptors (Lipinski definition) is 5. The number of nitrogens with zero attached hydrogens (tertiary/aromatic N) is 2. The van der Waals surface area contributed by atoms with Crippen molar-refractivity contribution in [2.45, 2.75) is 6.92 Å². The van der Waals surface area contributed by atoms with Gasteiger partial charge in [0.2, 0.25) is 0 Å². The van der Waals surface area contributed by atoms with Crippen LogP contribution in [-0.4, -0.2) is 30.0 Å². The van der Waals surface area contributed by atoms with Crippen molar-refractivity contribution in [3.8, 4) is 10.8 Å². The molecule has 4 rings (SSSR count). The highest BCUT2D eigenvalue weighted by Gasteiger charge is 2.21. The van der Waals surface area contributed by atoms with Crippen molar-refractivity contribution >= 4 is 34.6 Å². The molecule has 0 unspecified atom stereocenters. The van der Waals surface area contributed by atoms with E-state index in [0.717, 1.165) is 10.6 Å². The second-order valence-corrected chi connectivity index (χ2v) is 6.99. The molecule has 1 fully saturated rings. The Balaban J connectivity index is 1.49. The molecule has 8 heteroatoms. The fourth-order valence-electron chi connectivity index (χ4n) is 2.75. The van der Waals surface area contributed by atoms with Crippen LogP contribution in [0.15, 0.2) is 47.1 Å². The number of carbonyl (C=O) groups is 2. The number of anilines is 2. The normalized spacial score (nSPS) is 13.7. The fourth-order valence-corrected chi connectivity index (χ4v) is 3.62. The number of benzene rings is 1. The van der Waals surface area contributed by atoms with Crippen LogP contribution < -0.4 is 15.5 Å². The van der Waals surface area contributed by atoms with Crippen LogP contribution in [0.25, 0.3) is 10.8 Å². The Bertz CT molecular complexity index is 947. The van der Waals surface area contributed by atoms with Gasteiger partial charge in [-0.15, -0.1) is 11.3 Å². The number of nitrogens with one attached hydrogen (secondary N) is 2. The van der Waals surface area contributed by atoms with E-state index in [1.54, 1.807) is 29.4 Å². The molecule has 3 heterocycles. The van der Waals surface area contributed by atoms with E-state index >= 15 is 0 Å². The van der Waals surface area contributed by atoms with E-state index in [1.165, 1.54) is 11.3 Å². The lowest BCUT2D eigenvalue weighted by Gasteiger charge is -2.14. The van der Waals surface area contributed by atoms with Crippen LogP contribution in [0.4, 0.5) is 16.2 Å². The van der Waals surface area contributed by atoms with E-state index in [-0.39, 0.29) is 11.9 Å². The van der Waals surface area contributed by atoms with E-state index < -0.39 is 0 Å². The molecule has 0 spiro atoms. The van der Waals surface area contributed by atoms with Crippen molar-refractivity contribution in [3.05, 3.63) is 53.2 Å². The van der Waals surface area contributed by atoms with Crippen LogP contribution in [0.3, 0.4) is 0 Å². The number of rotatable bonds is 4. The highest BCUT2D eigenvalue weighted by molar-refractivity contribution is 7.15. The highest BCUT2D eigenvalue weighted by atomic mass is 32.1. The van der Waals surface area contributed by atoms with Crippen molar-refractivity contribution in [2.75, 3.05) is 23.3 Å². The molecule has 1 aromatic carbocycles. The molecule has 3 aromatic rings. The van der Waals surface area contributed by atoms with Crippen molar-refractivity contribution in [1.82, 2.24) is 10.3 Å². The van der Waals surface area contributed by atoms with E-state index in [4.69, 9.17) is 4.42 Å². The Hall–Kier alpha value is -3.13. The zero-order valence-corrected chi connectivity index (χ0v) is 14.8. The van der Waals surface area contributed by atoms with Gasteiger partial charge in [-0.2, -0.15) is 0 Å². The first-order chi connectivity index (χ1) is 12.6. The molecular weight excluding hydrogens is 352 g/mol. The quantitative estimate of drug-likeness (QED) is 0.738. The summed E-state index contributed by atoms with van der Waals surface area (Å²) in [5.41, 5.74) is 1.82. The summed E-state index contributed by atoms with van der Waals surface area (Å²) in [6.07, 6.45) is 1.58. The Kier molecular flexibility index (Phi) is 4.18. The Morgan fingerprint density at radius 1 is 1.31 bits per heavy atom. The molecule has 1 aliphatic rings. The summed E-state index contributed by atoms with van der Waals surface area (Å²) in [5.74, 6) is 0.369. The maximum Gasteiger partial charge on any atom is 0.321 e. The maximum absolute atomic E-state index is 12.5. The topological polar surface area (TPSA) is 87.5 Å². The van der Waals surface area contributed by atoms with E-state index in [9.17, 15) is 9.59 Å². The lowest BCUT2D eigenvalue weighted by molar-refractivity contribution is 0.102. The molecule has 2 aromatic heterocycles. The monoisotopic (exact) mass is 368 g/mol. The SMILES string of the molecule is Cc1sc(-c2ccco2)nc1C(=O)Nc1ccc(N2CCNC2=O)cc1. The first-order valence-corrected chi connectivity index (χ1v) is 8.91. The van der Waals surface area contributed by atoms with Gasteiger partial charge in [-0.25, -0.2) is 9.78 Å². The molecule has 0 atom stereocenters. The van der Waals surface area contributed by atoms with E-state index in [0.29, 0.717) is 35.2 Å². The minimum atomic E-state index is -0.275. The van der Waals surface area contributed by atoms with Gasteiger partial charge in [-0.05, 0) is 43.3 Å². The first-order valence-electron chi connectivity index (χ1n) is 8.10. The standard InChI is InChI=1S/C18H16N4O3S/c1-11-15(21-17(26-11)14-3-2-10-25-14)16(23)20-12-4-6-13(7-5-12)22-9-8-19-18(22)24/h2-7,10H,8-9H2,1H3,(H,19,24)(H,20,23). The lowest BCUT2D eigenvalue weighted by Crippen LogP contribution is -2.27. The number of furan rings is 1. The summed E-state index contributed by atoms with van der Waals surface area (Å²) in [6.45, 7) is 3.13. The second kappa shape index (κ2) is 6.64. The summed E-state index contributed by atoms with van der Waals surface area (Å²) < 4.78 is 5.34. The Morgan fingerprint density at radius 3 is 2.77 bits per heavy atom. The number of aromatic nitrogens is 1. The van der Waals surface area contributed by atoms with Crippen LogP contribution in [0.1, 0.15) is 15.4 Å². The summed E-state index contributed by atoms with van der Waals surface area (Å²) >= 11 is 1.41. The molecule has 0 bridgehead atoms. The molecular formula is C18H16N4O3S. The minimum Gasteiger partial charge on any atom is -0.462 e. The summed E-state index contributed by atoms with van der Waals surface area (Å²) in [7, 11) is 0. The molecule has 7 nitrogen and oxygen atoms in total. The number of aryl methyl sites for hydroxylation is 1. The summed E-state index contributed by atoms with van der Waals surface area (Å²) in [6, 6.07) is 10.7. The van der Waals surface area contributed by atoms with Crippen molar-refractivity contribution in [3.63, 3.8) is 0 Å². The maximum atomic E-state index is 12.5. The molecule has 1 saturated heterocycles. The zero-order valence-electron chi connectivity index (χ0n) is 14.0. The van der Waals surface area contributed by atoms with E-state index in [2.05, 4.69) is 15.6 Å². The van der Waals surface area contributed by atoms with Gasteiger partial charge in [0.25, 0.3) is 5.91 Å². The minimum absolute atomic E-state index is 0.106. The first kappa shape index (κ1) is 16.3. The average Bonchev–Trinajstić information content (AvgIpc) is 3.36. The van der Waals surface area contributed by atoms with Gasteiger partial charge < -0.3 is 15.1 Å². The van der Waals surface area contributed by atoms with Gasteiger partial charge in [0.15, 0.2) is 10.8 Å². The van der Waals surface area contributed by atoms with Gasteiger partial charge in [0.05, 0.1) is 6.26 Å². The predicted molar refractivity (Wildman–Crippen MR) is 99.7 cm³/mol. The third-order valence-corrected chi connectivity index (χ3v) is 5.02. The van der Waals surface area contributed by atoms with Gasteiger partial charge >= 0.3 is 6.03 Å². The molecule has 3 amide bonds. The number of hydrogen-bond donors (Lipinski definition) is 2. The Labute approximate surface area is 153 Å². The third kappa shape index (κ3) is 3.06. The van der Waals surface area contributed by atoms with Crippen LogP contribution in [0.2, 0.25) is 0 Å². The fraction of sp³-hybridized carbons (Fsp3) is 0.167. The molecule has 0 radical (unpaired) electrons. The van der Waals surface area contributed by atoms with Crippen LogP contribution in [0, 0.1) is 6.92 Å². The molecule has 0 saturated carbocycles. The van der Waals surface area contributed by atoms with Gasteiger partial charge in [0.1, 0.15) is 5.69 Å². The van der Waals surface area contributed by atoms with Crippen LogP contribution >= 0.6 is 11.3 Å². The lowest BCUT2D eigenvalue weighted by atomic mass is 10.2. The summed E-state index contributed by atoms with van der Waals surface area (Å²) in [4.78, 5) is 31.1. The smallest absolute Gasteiger partial charge is 0.321 e. The van der Waals surface area contributed by atoms with Gasteiger partial charge in [-0.1, -0.05) is 0 Å². The molecule has 2 N–H and O–H groups in total. The molecule has 132 valence electrons. The van der Waals surface area contributed by atoms with Gasteiger partial charge in [-0.3, -0.25) is 9.69 Å². The van der Waals surface area contributed by atoms with Crippen LogP contribution in [-0.2, 0) is 0 Å². The predicted octanol–water partition coefficient (Wildman–Crippen LogP) is 3.49. The molecule has 0 aliphatic carbocycles. The van der Waals surface area contributed by atoms with Crippen molar-refractivity contribution in [1.29, 1.82) is 0 Å². The number of carbonyl (C=O) groups excluding carboxylic acids is 2. The second-order valence-electron chi connectivity index (χ2n) is 5.79. The van der Waals surface area contributed by atoms with Crippen LogP contribution in [0.5, 0.6) is 0 Å². The number of thiazole rings is 1. The average molecular weight is 368 g/mol. The molecule has 26 heavy (non-hydrogen) atoms. The van der Waals surface area contributed by atoms with Gasteiger partial charge in [0, 0.05) is 29.3 Å². The molecule has 1 aliphatic heterocycles.